The van der Waals surface area contributed by atoms with Crippen molar-refractivity contribution in [2.75, 3.05) is 32.9 Å². The van der Waals surface area contributed by atoms with Crippen molar-refractivity contribution >= 4 is 0 Å². The van der Waals surface area contributed by atoms with Crippen LogP contribution in [-0.4, -0.2) is 32.9 Å². The third-order valence-electron chi connectivity index (χ3n) is 2.16. The number of aryl methyl sites for hydroxylation is 1. The maximum Gasteiger partial charge on any atom is 0.119 e. The molecule has 1 aromatic rings. The summed E-state index contributed by atoms with van der Waals surface area (Å²) in [5.41, 5.74) is 1.21. The predicted molar refractivity (Wildman–Crippen MR) is 66.0 cm³/mol. The zero-order chi connectivity index (χ0) is 11.6. The molecule has 1 N–H and O–H groups in total. The third kappa shape index (κ3) is 5.73. The van der Waals surface area contributed by atoms with Crippen molar-refractivity contribution in [3.8, 4) is 5.75 Å². The Morgan fingerprint density at radius 2 is 2.06 bits per heavy atom. The van der Waals surface area contributed by atoms with Crippen molar-refractivity contribution in [2.24, 2.45) is 0 Å². The standard InChI is InChI=1S/C13H21NO2/c1-3-14-7-8-15-9-10-16-13-6-4-5-12(2)11-13/h4-6,11,14H,3,7-10H2,1-2H3. The third-order valence-corrected chi connectivity index (χ3v) is 2.16. The van der Waals surface area contributed by atoms with Gasteiger partial charge in [0.25, 0.3) is 0 Å². The van der Waals surface area contributed by atoms with Crippen LogP contribution < -0.4 is 10.1 Å². The van der Waals surface area contributed by atoms with E-state index in [1.165, 1.54) is 5.56 Å². The smallest absolute Gasteiger partial charge is 0.119 e. The molecule has 0 unspecified atom stereocenters. The van der Waals surface area contributed by atoms with Gasteiger partial charge in [0.1, 0.15) is 12.4 Å². The van der Waals surface area contributed by atoms with Gasteiger partial charge < -0.3 is 14.8 Å². The van der Waals surface area contributed by atoms with Crippen LogP contribution in [0.25, 0.3) is 0 Å². The van der Waals surface area contributed by atoms with Crippen LogP contribution in [0.4, 0.5) is 0 Å². The molecule has 0 aliphatic carbocycles. The highest BCUT2D eigenvalue weighted by Gasteiger charge is 1.93. The number of benzene rings is 1. The molecule has 3 nitrogen and oxygen atoms in total. The van der Waals surface area contributed by atoms with E-state index in [1.54, 1.807) is 0 Å². The minimum absolute atomic E-state index is 0.607. The first-order valence-corrected chi connectivity index (χ1v) is 5.81. The lowest BCUT2D eigenvalue weighted by Crippen LogP contribution is -2.20. The molecule has 0 aliphatic rings. The van der Waals surface area contributed by atoms with Gasteiger partial charge in [0, 0.05) is 6.54 Å². The average Bonchev–Trinajstić information content (AvgIpc) is 2.28. The second-order valence-corrected chi connectivity index (χ2v) is 3.63. The second kappa shape index (κ2) is 8.13. The number of hydrogen-bond acceptors (Lipinski definition) is 3. The van der Waals surface area contributed by atoms with E-state index in [-0.39, 0.29) is 0 Å². The van der Waals surface area contributed by atoms with Crippen LogP contribution in [0.3, 0.4) is 0 Å². The average molecular weight is 223 g/mol. The SMILES string of the molecule is CCNCCOCCOc1cccc(C)c1. The first-order chi connectivity index (χ1) is 7.83. The fourth-order valence-electron chi connectivity index (χ4n) is 1.35. The minimum Gasteiger partial charge on any atom is -0.491 e. The van der Waals surface area contributed by atoms with E-state index in [9.17, 15) is 0 Å². The molecular weight excluding hydrogens is 202 g/mol. The Kier molecular flexibility index (Phi) is 6.61. The molecule has 0 fully saturated rings. The number of hydrogen-bond donors (Lipinski definition) is 1. The van der Waals surface area contributed by atoms with Gasteiger partial charge in [-0.1, -0.05) is 19.1 Å². The topological polar surface area (TPSA) is 30.5 Å². The Bertz CT molecular complexity index is 289. The molecule has 16 heavy (non-hydrogen) atoms. The molecule has 0 aliphatic heterocycles. The van der Waals surface area contributed by atoms with E-state index in [0.29, 0.717) is 13.2 Å². The summed E-state index contributed by atoms with van der Waals surface area (Å²) >= 11 is 0. The van der Waals surface area contributed by atoms with Crippen LogP contribution in [-0.2, 0) is 4.74 Å². The van der Waals surface area contributed by atoms with Crippen LogP contribution in [0.2, 0.25) is 0 Å². The van der Waals surface area contributed by atoms with Crippen molar-refractivity contribution in [3.05, 3.63) is 29.8 Å². The fourth-order valence-corrected chi connectivity index (χ4v) is 1.35. The van der Waals surface area contributed by atoms with E-state index < -0.39 is 0 Å². The Labute approximate surface area is 97.8 Å². The van der Waals surface area contributed by atoms with E-state index in [2.05, 4.69) is 25.2 Å². The molecule has 0 amide bonds. The van der Waals surface area contributed by atoms with E-state index >= 15 is 0 Å². The maximum absolute atomic E-state index is 5.55. The van der Waals surface area contributed by atoms with Crippen molar-refractivity contribution in [2.45, 2.75) is 13.8 Å². The first kappa shape index (κ1) is 13.0. The summed E-state index contributed by atoms with van der Waals surface area (Å²) in [6.07, 6.45) is 0. The molecule has 0 aromatic heterocycles. The number of ether oxygens (including phenoxy) is 2. The summed E-state index contributed by atoms with van der Waals surface area (Å²) in [6, 6.07) is 8.04. The first-order valence-electron chi connectivity index (χ1n) is 5.81. The monoisotopic (exact) mass is 223 g/mol. The molecule has 0 radical (unpaired) electrons. The van der Waals surface area contributed by atoms with Crippen LogP contribution in [0.1, 0.15) is 12.5 Å². The Balaban J connectivity index is 2.03. The van der Waals surface area contributed by atoms with Gasteiger partial charge in [0.2, 0.25) is 0 Å². The van der Waals surface area contributed by atoms with E-state index in [1.807, 2.05) is 18.2 Å². The molecule has 3 heteroatoms. The maximum atomic E-state index is 5.55. The number of nitrogens with one attached hydrogen (secondary N) is 1. The van der Waals surface area contributed by atoms with E-state index in [4.69, 9.17) is 9.47 Å². The molecular formula is C13H21NO2. The Hall–Kier alpha value is -1.06. The van der Waals surface area contributed by atoms with Crippen LogP contribution >= 0.6 is 0 Å². The van der Waals surface area contributed by atoms with Gasteiger partial charge in [-0.25, -0.2) is 0 Å². The molecule has 0 atom stereocenters. The van der Waals surface area contributed by atoms with Crippen molar-refractivity contribution in [1.82, 2.24) is 5.32 Å². The molecule has 1 rings (SSSR count). The molecule has 0 bridgehead atoms. The fraction of sp³-hybridized carbons (Fsp3) is 0.538. The summed E-state index contributed by atoms with van der Waals surface area (Å²) in [5.74, 6) is 0.912. The number of rotatable bonds is 8. The zero-order valence-corrected chi connectivity index (χ0v) is 10.2. The van der Waals surface area contributed by atoms with Crippen molar-refractivity contribution in [1.29, 1.82) is 0 Å². The quantitative estimate of drug-likeness (QED) is 0.684. The molecule has 1 aromatic carbocycles. The number of likely N-dealkylation sites (N-methyl/N-ethyl adjacent to an activating group) is 1. The highest BCUT2D eigenvalue weighted by molar-refractivity contribution is 5.27. The summed E-state index contributed by atoms with van der Waals surface area (Å²) in [5, 5.41) is 3.20. The van der Waals surface area contributed by atoms with Gasteiger partial charge in [-0.2, -0.15) is 0 Å². The van der Waals surface area contributed by atoms with Crippen molar-refractivity contribution < 1.29 is 9.47 Å². The van der Waals surface area contributed by atoms with Crippen molar-refractivity contribution in [3.63, 3.8) is 0 Å². The molecule has 0 heterocycles. The highest BCUT2D eigenvalue weighted by Crippen LogP contribution is 2.11. The van der Waals surface area contributed by atoms with Crippen LogP contribution in [0.15, 0.2) is 24.3 Å². The minimum atomic E-state index is 0.607. The Morgan fingerprint density at radius 1 is 1.19 bits per heavy atom. The lowest BCUT2D eigenvalue weighted by molar-refractivity contribution is 0.102. The van der Waals surface area contributed by atoms with Gasteiger partial charge in [0.15, 0.2) is 0 Å². The van der Waals surface area contributed by atoms with Crippen LogP contribution in [0.5, 0.6) is 5.75 Å². The van der Waals surface area contributed by atoms with E-state index in [0.717, 1.165) is 25.4 Å². The molecule has 0 saturated carbocycles. The molecule has 0 saturated heterocycles. The summed E-state index contributed by atoms with van der Waals surface area (Å²) in [7, 11) is 0. The highest BCUT2D eigenvalue weighted by atomic mass is 16.5. The summed E-state index contributed by atoms with van der Waals surface area (Å²) in [4.78, 5) is 0. The largest absolute Gasteiger partial charge is 0.491 e. The second-order valence-electron chi connectivity index (χ2n) is 3.63. The summed E-state index contributed by atoms with van der Waals surface area (Å²) < 4.78 is 10.9. The van der Waals surface area contributed by atoms with Gasteiger partial charge in [0.05, 0.1) is 13.2 Å². The lowest BCUT2D eigenvalue weighted by Gasteiger charge is -2.07. The Morgan fingerprint density at radius 3 is 2.81 bits per heavy atom. The normalized spacial score (nSPS) is 10.4. The van der Waals surface area contributed by atoms with Crippen LogP contribution in [0, 0.1) is 6.92 Å². The molecule has 0 spiro atoms. The summed E-state index contributed by atoms with van der Waals surface area (Å²) in [6.45, 7) is 8.02. The predicted octanol–water partition coefficient (Wildman–Crippen LogP) is 2.00. The zero-order valence-electron chi connectivity index (χ0n) is 10.2. The molecule has 90 valence electrons. The van der Waals surface area contributed by atoms with Gasteiger partial charge in [-0.15, -0.1) is 0 Å². The van der Waals surface area contributed by atoms with Gasteiger partial charge >= 0.3 is 0 Å². The van der Waals surface area contributed by atoms with Gasteiger partial charge in [-0.3, -0.25) is 0 Å². The lowest BCUT2D eigenvalue weighted by atomic mass is 10.2. The van der Waals surface area contributed by atoms with Gasteiger partial charge in [-0.05, 0) is 31.2 Å².